The third-order valence-corrected chi connectivity index (χ3v) is 4.68. The monoisotopic (exact) mass is 284 g/mol. The zero-order valence-electron chi connectivity index (χ0n) is 10.2. The Bertz CT molecular complexity index is 372. The Morgan fingerprint density at radius 2 is 2.11 bits per heavy atom. The Morgan fingerprint density at radius 3 is 2.72 bits per heavy atom. The number of ether oxygens (including phenoxy) is 1. The summed E-state index contributed by atoms with van der Waals surface area (Å²) in [5.74, 6) is 0.990. The van der Waals surface area contributed by atoms with E-state index in [2.05, 4.69) is 12.1 Å². The highest BCUT2D eigenvalue weighted by Crippen LogP contribution is 2.27. The number of hydrogen-bond acceptors (Lipinski definition) is 3. The quantitative estimate of drug-likeness (QED) is 0.771. The second-order valence-electron chi connectivity index (χ2n) is 4.49. The zero-order chi connectivity index (χ0) is 12.8. The molecule has 1 heterocycles. The maximum absolute atomic E-state index is 10.4. The molecule has 2 atom stereocenters. The number of thioether (sulfide) groups is 1. The molecule has 2 nitrogen and oxygen atoms in total. The number of hydrogen-bond donors (Lipinski definition) is 0. The number of rotatable bonds is 5. The standard InChI is InChI=1S/C14H17ClO2S/c15-12-3-1-11(2-4-12)10-18-14-6-5-13(7-8-16)17-9-14/h1-4,8,13-14H,5-7,9-10H2/t13-,14+/m1/s1. The summed E-state index contributed by atoms with van der Waals surface area (Å²) in [5, 5.41) is 1.32. The summed E-state index contributed by atoms with van der Waals surface area (Å²) in [6, 6.07) is 7.98. The van der Waals surface area contributed by atoms with Crippen molar-refractivity contribution in [2.45, 2.75) is 36.4 Å². The molecule has 1 aliphatic heterocycles. The number of halogens is 1. The van der Waals surface area contributed by atoms with E-state index in [4.69, 9.17) is 16.3 Å². The van der Waals surface area contributed by atoms with Gasteiger partial charge in [-0.05, 0) is 30.5 Å². The number of carbonyl (C=O) groups is 1. The molecule has 0 unspecified atom stereocenters. The van der Waals surface area contributed by atoms with Gasteiger partial charge < -0.3 is 9.53 Å². The summed E-state index contributed by atoms with van der Waals surface area (Å²) in [5.41, 5.74) is 1.29. The molecule has 0 saturated carbocycles. The van der Waals surface area contributed by atoms with Gasteiger partial charge in [-0.2, -0.15) is 11.8 Å². The van der Waals surface area contributed by atoms with Crippen LogP contribution in [0.2, 0.25) is 5.02 Å². The van der Waals surface area contributed by atoms with Crippen molar-refractivity contribution in [1.29, 1.82) is 0 Å². The second-order valence-corrected chi connectivity index (χ2v) is 6.22. The first kappa shape index (κ1) is 13.9. The summed E-state index contributed by atoms with van der Waals surface area (Å²) in [6.45, 7) is 0.761. The zero-order valence-corrected chi connectivity index (χ0v) is 11.8. The molecule has 1 fully saturated rings. The lowest BCUT2D eigenvalue weighted by Gasteiger charge is -2.27. The average Bonchev–Trinajstić information content (AvgIpc) is 2.40. The van der Waals surface area contributed by atoms with E-state index in [1.807, 2.05) is 23.9 Å². The van der Waals surface area contributed by atoms with Crippen molar-refractivity contribution >= 4 is 29.6 Å². The van der Waals surface area contributed by atoms with Crippen molar-refractivity contribution in [3.8, 4) is 0 Å². The van der Waals surface area contributed by atoms with E-state index in [-0.39, 0.29) is 6.10 Å². The maximum Gasteiger partial charge on any atom is 0.122 e. The van der Waals surface area contributed by atoms with E-state index < -0.39 is 0 Å². The van der Waals surface area contributed by atoms with E-state index in [1.165, 1.54) is 5.56 Å². The van der Waals surface area contributed by atoms with Crippen LogP contribution in [0.1, 0.15) is 24.8 Å². The number of carbonyl (C=O) groups excluding carboxylic acids is 1. The van der Waals surface area contributed by atoms with E-state index in [1.54, 1.807) is 0 Å². The van der Waals surface area contributed by atoms with Gasteiger partial charge in [-0.1, -0.05) is 23.7 Å². The lowest BCUT2D eigenvalue weighted by atomic mass is 10.1. The summed E-state index contributed by atoms with van der Waals surface area (Å²) >= 11 is 7.77. The van der Waals surface area contributed by atoms with Gasteiger partial charge in [0.1, 0.15) is 6.29 Å². The Labute approximate surface area is 117 Å². The highest BCUT2D eigenvalue weighted by Gasteiger charge is 2.21. The van der Waals surface area contributed by atoms with Crippen LogP contribution in [0, 0.1) is 0 Å². The predicted molar refractivity (Wildman–Crippen MR) is 76.2 cm³/mol. The van der Waals surface area contributed by atoms with Crippen LogP contribution in [0.3, 0.4) is 0 Å². The minimum Gasteiger partial charge on any atom is -0.377 e. The molecule has 4 heteroatoms. The summed E-state index contributed by atoms with van der Waals surface area (Å²) < 4.78 is 5.67. The largest absolute Gasteiger partial charge is 0.377 e. The van der Waals surface area contributed by atoms with Crippen LogP contribution in [-0.4, -0.2) is 24.2 Å². The Hall–Kier alpha value is -0.510. The highest BCUT2D eigenvalue weighted by molar-refractivity contribution is 7.99. The molecule has 0 N–H and O–H groups in total. The maximum atomic E-state index is 10.4. The first-order valence-electron chi connectivity index (χ1n) is 6.19. The van der Waals surface area contributed by atoms with Crippen molar-refractivity contribution in [2.75, 3.05) is 6.61 Å². The summed E-state index contributed by atoms with van der Waals surface area (Å²) in [7, 11) is 0. The molecule has 0 bridgehead atoms. The van der Waals surface area contributed by atoms with Crippen LogP contribution >= 0.6 is 23.4 Å². The topological polar surface area (TPSA) is 26.3 Å². The predicted octanol–water partition coefficient (Wildman–Crippen LogP) is 3.71. The molecule has 1 aromatic rings. The van der Waals surface area contributed by atoms with Gasteiger partial charge >= 0.3 is 0 Å². The first-order valence-corrected chi connectivity index (χ1v) is 7.62. The summed E-state index contributed by atoms with van der Waals surface area (Å²) in [6.07, 6.45) is 3.77. The van der Waals surface area contributed by atoms with Gasteiger partial charge in [-0.15, -0.1) is 0 Å². The second kappa shape index (κ2) is 7.17. The molecule has 2 rings (SSSR count). The minimum absolute atomic E-state index is 0.148. The SMILES string of the molecule is O=CC[C@H]1CC[C@H](SCc2ccc(Cl)cc2)CO1. The lowest BCUT2D eigenvalue weighted by Crippen LogP contribution is -2.27. The van der Waals surface area contributed by atoms with E-state index in [0.717, 1.165) is 36.5 Å². The van der Waals surface area contributed by atoms with Gasteiger partial charge in [0.2, 0.25) is 0 Å². The molecule has 1 aromatic carbocycles. The van der Waals surface area contributed by atoms with Crippen molar-refractivity contribution in [1.82, 2.24) is 0 Å². The Kier molecular flexibility index (Phi) is 5.54. The third kappa shape index (κ3) is 4.30. The molecule has 0 spiro atoms. The average molecular weight is 285 g/mol. The van der Waals surface area contributed by atoms with Gasteiger partial charge in [0.25, 0.3) is 0 Å². The molecule has 98 valence electrons. The fourth-order valence-corrected chi connectivity index (χ4v) is 3.23. The Balaban J connectivity index is 1.72. The molecule has 0 radical (unpaired) electrons. The molecule has 0 aliphatic carbocycles. The van der Waals surface area contributed by atoms with Crippen molar-refractivity contribution < 1.29 is 9.53 Å². The lowest BCUT2D eigenvalue weighted by molar-refractivity contribution is -0.111. The van der Waals surface area contributed by atoms with Gasteiger partial charge in [0, 0.05) is 22.4 Å². The molecule has 1 aliphatic rings. The van der Waals surface area contributed by atoms with Crippen LogP contribution in [0.4, 0.5) is 0 Å². The van der Waals surface area contributed by atoms with E-state index in [0.29, 0.717) is 11.7 Å². The van der Waals surface area contributed by atoms with Gasteiger partial charge in [0.15, 0.2) is 0 Å². The van der Waals surface area contributed by atoms with Crippen molar-refractivity contribution in [2.24, 2.45) is 0 Å². The molecule has 18 heavy (non-hydrogen) atoms. The Morgan fingerprint density at radius 1 is 1.33 bits per heavy atom. The highest BCUT2D eigenvalue weighted by atomic mass is 35.5. The van der Waals surface area contributed by atoms with Crippen LogP contribution in [0.25, 0.3) is 0 Å². The number of benzene rings is 1. The number of aldehydes is 1. The smallest absolute Gasteiger partial charge is 0.122 e. The molecule has 1 saturated heterocycles. The van der Waals surface area contributed by atoms with Crippen LogP contribution in [0.15, 0.2) is 24.3 Å². The van der Waals surface area contributed by atoms with Gasteiger partial charge in [-0.3, -0.25) is 0 Å². The van der Waals surface area contributed by atoms with E-state index >= 15 is 0 Å². The van der Waals surface area contributed by atoms with Crippen molar-refractivity contribution in [3.63, 3.8) is 0 Å². The van der Waals surface area contributed by atoms with Gasteiger partial charge in [-0.25, -0.2) is 0 Å². The first-order chi connectivity index (χ1) is 8.78. The third-order valence-electron chi connectivity index (χ3n) is 3.09. The van der Waals surface area contributed by atoms with Crippen molar-refractivity contribution in [3.05, 3.63) is 34.9 Å². The van der Waals surface area contributed by atoms with Gasteiger partial charge in [0.05, 0.1) is 12.7 Å². The van der Waals surface area contributed by atoms with Crippen LogP contribution < -0.4 is 0 Å². The normalized spacial score (nSPS) is 23.8. The molecule has 0 aromatic heterocycles. The van der Waals surface area contributed by atoms with Crippen LogP contribution in [-0.2, 0) is 15.3 Å². The van der Waals surface area contributed by atoms with Crippen LogP contribution in [0.5, 0.6) is 0 Å². The summed E-state index contributed by atoms with van der Waals surface area (Å²) in [4.78, 5) is 10.4. The minimum atomic E-state index is 0.148. The fourth-order valence-electron chi connectivity index (χ4n) is 2.00. The molecular weight excluding hydrogens is 268 g/mol. The molecule has 0 amide bonds. The van der Waals surface area contributed by atoms with E-state index in [9.17, 15) is 4.79 Å². The fraction of sp³-hybridized carbons (Fsp3) is 0.500. The molecular formula is C14H17ClO2S.